The molecule has 1 heterocycles. The Hall–Kier alpha value is -2.12. The minimum absolute atomic E-state index is 0.0217. The number of nitrogens with one attached hydrogen (secondary N) is 2. The number of carbonyl (C=O) groups is 1. The van der Waals surface area contributed by atoms with Crippen LogP contribution in [0.2, 0.25) is 0 Å². The van der Waals surface area contributed by atoms with Crippen molar-refractivity contribution in [3.05, 3.63) is 35.9 Å². The molecule has 0 aromatic heterocycles. The van der Waals surface area contributed by atoms with Gasteiger partial charge in [-0.1, -0.05) is 44.2 Å². The van der Waals surface area contributed by atoms with Gasteiger partial charge in [0.2, 0.25) is 5.91 Å². The van der Waals surface area contributed by atoms with Crippen molar-refractivity contribution in [2.24, 2.45) is 4.99 Å². The molecule has 0 saturated carbocycles. The van der Waals surface area contributed by atoms with E-state index in [-0.39, 0.29) is 24.6 Å². The molecule has 1 fully saturated rings. The van der Waals surface area contributed by atoms with Crippen LogP contribution in [0.1, 0.15) is 38.3 Å². The lowest BCUT2D eigenvalue weighted by atomic mass is 10.1. The van der Waals surface area contributed by atoms with Crippen LogP contribution in [0.25, 0.3) is 0 Å². The van der Waals surface area contributed by atoms with Crippen molar-refractivity contribution in [3.8, 4) is 0 Å². The van der Waals surface area contributed by atoms with Gasteiger partial charge in [0.25, 0.3) is 0 Å². The van der Waals surface area contributed by atoms with Gasteiger partial charge < -0.3 is 20.3 Å². The van der Waals surface area contributed by atoms with E-state index in [1.165, 1.54) is 5.56 Å². The van der Waals surface area contributed by atoms with Gasteiger partial charge in [0.1, 0.15) is 6.54 Å². The average Bonchev–Trinajstić information content (AvgIpc) is 3.26. The Kier molecular flexibility index (Phi) is 9.94. The Morgan fingerprint density at radius 1 is 1.21 bits per heavy atom. The van der Waals surface area contributed by atoms with Crippen LogP contribution in [0.15, 0.2) is 35.3 Å². The number of carbonyl (C=O) groups excluding carboxylic acids is 1. The highest BCUT2D eigenvalue weighted by atomic mass is 16.5. The molecule has 7 heteroatoms. The summed E-state index contributed by atoms with van der Waals surface area (Å²) in [5.74, 6) is 0.635. The van der Waals surface area contributed by atoms with E-state index in [0.717, 1.165) is 32.5 Å². The Labute approximate surface area is 175 Å². The van der Waals surface area contributed by atoms with E-state index in [1.807, 2.05) is 6.07 Å². The standard InChI is InChI=1S/C22H37N5O2/c1-5-27(6-2)20(18-11-8-7-9-12-18)16-24-22(25-17-21(28)26(3)4)23-15-19-13-10-14-29-19/h7-9,11-12,19-20H,5-6,10,13-17H2,1-4H3,(H2,23,24,25). The summed E-state index contributed by atoms with van der Waals surface area (Å²) in [4.78, 5) is 20.5. The average molecular weight is 404 g/mol. The van der Waals surface area contributed by atoms with Crippen molar-refractivity contribution in [1.29, 1.82) is 0 Å². The number of benzene rings is 1. The van der Waals surface area contributed by atoms with Gasteiger partial charge in [0, 0.05) is 33.8 Å². The van der Waals surface area contributed by atoms with Gasteiger partial charge in [-0.15, -0.1) is 0 Å². The van der Waals surface area contributed by atoms with Gasteiger partial charge >= 0.3 is 0 Å². The van der Waals surface area contributed by atoms with E-state index < -0.39 is 0 Å². The largest absolute Gasteiger partial charge is 0.376 e. The van der Waals surface area contributed by atoms with E-state index in [4.69, 9.17) is 4.74 Å². The van der Waals surface area contributed by atoms with E-state index in [0.29, 0.717) is 19.0 Å². The van der Waals surface area contributed by atoms with Crippen molar-refractivity contribution >= 4 is 11.9 Å². The van der Waals surface area contributed by atoms with Gasteiger partial charge in [0.15, 0.2) is 5.96 Å². The highest BCUT2D eigenvalue weighted by molar-refractivity contribution is 5.84. The van der Waals surface area contributed by atoms with Gasteiger partial charge in [-0.25, -0.2) is 4.99 Å². The van der Waals surface area contributed by atoms with Crippen molar-refractivity contribution in [2.45, 2.75) is 38.8 Å². The topological polar surface area (TPSA) is 69.2 Å². The SMILES string of the molecule is CCN(CC)C(CNC(=NCC(=O)N(C)C)NCC1CCCO1)c1ccccc1. The summed E-state index contributed by atoms with van der Waals surface area (Å²) in [5, 5.41) is 6.82. The molecule has 2 unspecified atom stereocenters. The summed E-state index contributed by atoms with van der Waals surface area (Å²) in [7, 11) is 3.49. The zero-order valence-corrected chi connectivity index (χ0v) is 18.4. The zero-order valence-electron chi connectivity index (χ0n) is 18.4. The highest BCUT2D eigenvalue weighted by Gasteiger charge is 2.20. The smallest absolute Gasteiger partial charge is 0.243 e. The van der Waals surface area contributed by atoms with Crippen LogP contribution < -0.4 is 10.6 Å². The molecular formula is C22H37N5O2. The molecule has 1 aromatic rings. The maximum Gasteiger partial charge on any atom is 0.243 e. The Balaban J connectivity index is 2.06. The minimum atomic E-state index is -0.0217. The first-order valence-electron chi connectivity index (χ1n) is 10.7. The molecule has 1 aliphatic rings. The van der Waals surface area contributed by atoms with Crippen molar-refractivity contribution in [3.63, 3.8) is 0 Å². The number of guanidine groups is 1. The van der Waals surface area contributed by atoms with Crippen LogP contribution in [0.5, 0.6) is 0 Å². The van der Waals surface area contributed by atoms with Gasteiger partial charge in [-0.3, -0.25) is 9.69 Å². The third kappa shape index (κ3) is 7.66. The summed E-state index contributed by atoms with van der Waals surface area (Å²) >= 11 is 0. The van der Waals surface area contributed by atoms with Gasteiger partial charge in [-0.05, 0) is 31.5 Å². The number of likely N-dealkylation sites (N-methyl/N-ethyl adjacent to an activating group) is 2. The molecule has 2 rings (SSSR count). The second-order valence-electron chi connectivity index (χ2n) is 7.50. The van der Waals surface area contributed by atoms with Crippen molar-refractivity contribution < 1.29 is 9.53 Å². The van der Waals surface area contributed by atoms with Crippen LogP contribution in [0.3, 0.4) is 0 Å². The third-order valence-corrected chi connectivity index (χ3v) is 5.29. The third-order valence-electron chi connectivity index (χ3n) is 5.29. The Bertz CT molecular complexity index is 625. The fourth-order valence-electron chi connectivity index (χ4n) is 3.47. The fourth-order valence-corrected chi connectivity index (χ4v) is 3.47. The van der Waals surface area contributed by atoms with Crippen LogP contribution in [-0.2, 0) is 9.53 Å². The Morgan fingerprint density at radius 3 is 2.52 bits per heavy atom. The second kappa shape index (κ2) is 12.4. The summed E-state index contributed by atoms with van der Waals surface area (Å²) < 4.78 is 5.71. The monoisotopic (exact) mass is 403 g/mol. The Morgan fingerprint density at radius 2 is 1.93 bits per heavy atom. The number of hydrogen-bond donors (Lipinski definition) is 2. The highest BCUT2D eigenvalue weighted by Crippen LogP contribution is 2.19. The van der Waals surface area contributed by atoms with E-state index in [9.17, 15) is 4.79 Å². The lowest BCUT2D eigenvalue weighted by Gasteiger charge is -2.31. The first kappa shape index (κ1) is 23.2. The molecular weight excluding hydrogens is 366 g/mol. The normalized spacial score (nSPS) is 18.0. The van der Waals surface area contributed by atoms with Crippen LogP contribution in [0, 0.1) is 0 Å². The van der Waals surface area contributed by atoms with E-state index in [2.05, 4.69) is 58.6 Å². The molecule has 7 nitrogen and oxygen atoms in total. The second-order valence-corrected chi connectivity index (χ2v) is 7.50. The van der Waals surface area contributed by atoms with Crippen molar-refractivity contribution in [1.82, 2.24) is 20.4 Å². The number of aliphatic imine (C=N–C) groups is 1. The van der Waals surface area contributed by atoms with Crippen LogP contribution >= 0.6 is 0 Å². The molecule has 29 heavy (non-hydrogen) atoms. The molecule has 0 bridgehead atoms. The summed E-state index contributed by atoms with van der Waals surface area (Å²) in [5.41, 5.74) is 1.27. The maximum atomic E-state index is 12.0. The van der Waals surface area contributed by atoms with Gasteiger partial charge in [0.05, 0.1) is 12.1 Å². The molecule has 0 aliphatic carbocycles. The predicted molar refractivity (Wildman–Crippen MR) is 118 cm³/mol. The summed E-state index contributed by atoms with van der Waals surface area (Å²) in [6, 6.07) is 10.7. The minimum Gasteiger partial charge on any atom is -0.376 e. The summed E-state index contributed by atoms with van der Waals surface area (Å²) in [6.07, 6.45) is 2.37. The molecule has 162 valence electrons. The maximum absolute atomic E-state index is 12.0. The van der Waals surface area contributed by atoms with E-state index >= 15 is 0 Å². The number of hydrogen-bond acceptors (Lipinski definition) is 4. The first-order valence-corrected chi connectivity index (χ1v) is 10.7. The van der Waals surface area contributed by atoms with Gasteiger partial charge in [-0.2, -0.15) is 0 Å². The molecule has 1 aromatic carbocycles. The van der Waals surface area contributed by atoms with Crippen molar-refractivity contribution in [2.75, 3.05) is 53.4 Å². The van der Waals surface area contributed by atoms with E-state index in [1.54, 1.807) is 19.0 Å². The summed E-state index contributed by atoms with van der Waals surface area (Å²) in [6.45, 7) is 8.64. The molecule has 1 amide bonds. The molecule has 0 radical (unpaired) electrons. The predicted octanol–water partition coefficient (Wildman–Crippen LogP) is 1.87. The fraction of sp³-hybridized carbons (Fsp3) is 0.636. The first-order chi connectivity index (χ1) is 14.0. The molecule has 2 atom stereocenters. The molecule has 1 saturated heterocycles. The number of amides is 1. The number of rotatable bonds is 10. The van der Waals surface area contributed by atoms with Crippen LogP contribution in [0.4, 0.5) is 0 Å². The lowest BCUT2D eigenvalue weighted by molar-refractivity contribution is -0.127. The zero-order chi connectivity index (χ0) is 21.1. The molecule has 0 spiro atoms. The van der Waals surface area contributed by atoms with Crippen LogP contribution in [-0.4, -0.2) is 81.2 Å². The number of nitrogens with zero attached hydrogens (tertiary/aromatic N) is 3. The number of ether oxygens (including phenoxy) is 1. The quantitative estimate of drug-likeness (QED) is 0.461. The molecule has 1 aliphatic heterocycles. The lowest BCUT2D eigenvalue weighted by Crippen LogP contribution is -2.45. The molecule has 2 N–H and O–H groups in total.